The van der Waals surface area contributed by atoms with Crippen LogP contribution in [0.5, 0.6) is 0 Å². The second-order valence-corrected chi connectivity index (χ2v) is 19.0. The van der Waals surface area contributed by atoms with E-state index in [9.17, 15) is 14.0 Å². The number of imidazole rings is 1. The summed E-state index contributed by atoms with van der Waals surface area (Å²) in [5.74, 6) is 2.30. The van der Waals surface area contributed by atoms with Crippen LogP contribution in [0.15, 0.2) is 67.0 Å². The Morgan fingerprint density at radius 3 is 2.22 bits per heavy atom. The number of aromatic nitrogens is 4. The molecule has 3 heterocycles. The van der Waals surface area contributed by atoms with Gasteiger partial charge in [0, 0.05) is 12.8 Å². The van der Waals surface area contributed by atoms with E-state index in [1.54, 1.807) is 6.92 Å². The molecule has 1 fully saturated rings. The molecule has 1 amide bonds. The van der Waals surface area contributed by atoms with Crippen LogP contribution < -0.4 is 15.7 Å². The molecule has 4 aromatic rings. The lowest BCUT2D eigenvalue weighted by molar-refractivity contribution is -0.158. The molecule has 2 aromatic heterocycles. The number of nitrogens with zero attached hydrogens (tertiary/aromatic N) is 4. The van der Waals surface area contributed by atoms with E-state index in [0.29, 0.717) is 6.42 Å². The number of esters is 1. The lowest BCUT2D eigenvalue weighted by atomic mass is 9.98. The third-order valence-electron chi connectivity index (χ3n) is 9.90. The highest BCUT2D eigenvalue weighted by atomic mass is 28.4. The molecule has 0 bridgehead atoms. The molecular formula is C41H52FN5O6Si. The predicted molar refractivity (Wildman–Crippen MR) is 208 cm³/mol. The van der Waals surface area contributed by atoms with Gasteiger partial charge in [-0.25, -0.2) is 9.78 Å². The van der Waals surface area contributed by atoms with Gasteiger partial charge < -0.3 is 18.6 Å². The number of rotatable bonds is 17. The number of carbonyl (C=O) groups excluding carboxylic acids is 2. The first-order valence-electron chi connectivity index (χ1n) is 18.9. The number of anilines is 1. The van der Waals surface area contributed by atoms with Crippen LogP contribution in [0, 0.1) is 18.4 Å². The average Bonchev–Trinajstić information content (AvgIpc) is 3.73. The Morgan fingerprint density at radius 2 is 1.63 bits per heavy atom. The first-order valence-corrected chi connectivity index (χ1v) is 20.8. The number of hydrogen-bond acceptors (Lipinski definition) is 9. The van der Waals surface area contributed by atoms with Crippen molar-refractivity contribution >= 4 is 47.7 Å². The number of amides is 1. The lowest BCUT2D eigenvalue weighted by Crippen LogP contribution is -2.68. The molecule has 0 spiro atoms. The average molecular weight is 758 g/mol. The predicted octanol–water partition coefficient (Wildman–Crippen LogP) is 7.45. The van der Waals surface area contributed by atoms with Crippen LogP contribution in [0.25, 0.3) is 11.2 Å². The van der Waals surface area contributed by atoms with E-state index in [-0.39, 0.29) is 54.0 Å². The van der Waals surface area contributed by atoms with E-state index in [4.69, 9.17) is 25.1 Å². The zero-order chi connectivity index (χ0) is 38.8. The lowest BCUT2D eigenvalue weighted by Gasteiger charge is -2.44. The smallest absolute Gasteiger partial charge is 0.412 e. The maximum atomic E-state index is 14.9. The molecule has 54 heavy (non-hydrogen) atoms. The Bertz CT molecular complexity index is 1860. The van der Waals surface area contributed by atoms with Crippen molar-refractivity contribution in [3.8, 4) is 12.3 Å². The summed E-state index contributed by atoms with van der Waals surface area (Å²) in [6.07, 6.45) is 11.8. The number of carbonyl (C=O) groups is 2. The minimum absolute atomic E-state index is 0.0492. The molecule has 13 heteroatoms. The summed E-state index contributed by atoms with van der Waals surface area (Å²) < 4.78 is 41.5. The van der Waals surface area contributed by atoms with Crippen LogP contribution in [-0.2, 0) is 23.4 Å². The quantitative estimate of drug-likeness (QED) is 0.0384. The fraction of sp³-hybridized carbons (Fsp3) is 0.488. The zero-order valence-corrected chi connectivity index (χ0v) is 33.0. The van der Waals surface area contributed by atoms with Gasteiger partial charge in [0.1, 0.15) is 12.3 Å². The van der Waals surface area contributed by atoms with Crippen LogP contribution >= 0.6 is 0 Å². The van der Waals surface area contributed by atoms with Crippen LogP contribution in [0.2, 0.25) is 5.04 Å². The van der Waals surface area contributed by atoms with Crippen molar-refractivity contribution in [2.75, 3.05) is 18.5 Å². The molecular weight excluding hydrogens is 706 g/mol. The monoisotopic (exact) mass is 757 g/mol. The maximum absolute atomic E-state index is 14.9. The zero-order valence-electron chi connectivity index (χ0n) is 32.0. The van der Waals surface area contributed by atoms with Crippen molar-refractivity contribution in [3.05, 3.63) is 73.1 Å². The number of hydrogen-bond donors (Lipinski definition) is 1. The van der Waals surface area contributed by atoms with Gasteiger partial charge in [-0.3, -0.25) is 14.7 Å². The molecule has 2 aromatic carbocycles. The highest BCUT2D eigenvalue weighted by molar-refractivity contribution is 6.99. The highest BCUT2D eigenvalue weighted by Crippen LogP contribution is 2.43. The Labute approximate surface area is 318 Å². The third kappa shape index (κ3) is 9.00. The van der Waals surface area contributed by atoms with Crippen molar-refractivity contribution in [2.24, 2.45) is 0 Å². The topological polar surface area (TPSA) is 127 Å². The molecule has 0 unspecified atom stereocenters. The normalized spacial score (nSPS) is 18.7. The molecule has 0 radical (unpaired) electrons. The molecule has 0 aliphatic carbocycles. The number of ether oxygens (including phenoxy) is 3. The van der Waals surface area contributed by atoms with Gasteiger partial charge in [-0.05, 0) is 28.8 Å². The summed E-state index contributed by atoms with van der Waals surface area (Å²) in [4.78, 5) is 37.8. The van der Waals surface area contributed by atoms with Crippen molar-refractivity contribution in [2.45, 2.75) is 115 Å². The van der Waals surface area contributed by atoms with E-state index in [1.807, 2.05) is 36.4 Å². The van der Waals surface area contributed by atoms with Gasteiger partial charge in [0.25, 0.3) is 8.32 Å². The number of halogens is 1. The van der Waals surface area contributed by atoms with Crippen LogP contribution in [-0.4, -0.2) is 64.8 Å². The molecule has 3 atom stereocenters. The van der Waals surface area contributed by atoms with Crippen LogP contribution in [0.1, 0.15) is 98.6 Å². The van der Waals surface area contributed by atoms with Crippen molar-refractivity contribution in [1.29, 1.82) is 0 Å². The summed E-state index contributed by atoms with van der Waals surface area (Å²) in [5, 5.41) is 4.15. The van der Waals surface area contributed by atoms with Gasteiger partial charge >= 0.3 is 18.1 Å². The molecule has 1 aliphatic heterocycles. The van der Waals surface area contributed by atoms with Gasteiger partial charge in [-0.15, -0.1) is 6.42 Å². The number of unbranched alkanes of at least 4 members (excludes halogenated alkanes) is 6. The summed E-state index contributed by atoms with van der Waals surface area (Å²) in [6.45, 7) is 10.3. The van der Waals surface area contributed by atoms with E-state index >= 15 is 0 Å². The molecule has 0 saturated carbocycles. The number of nitrogens with one attached hydrogen (secondary N) is 1. The molecule has 5 rings (SSSR count). The molecule has 1 saturated heterocycles. The summed E-state index contributed by atoms with van der Waals surface area (Å²) in [6, 6.07) is 20.3. The van der Waals surface area contributed by atoms with Gasteiger partial charge in [-0.2, -0.15) is 14.4 Å². The second kappa shape index (κ2) is 18.1. The van der Waals surface area contributed by atoms with Gasteiger partial charge in [-0.1, -0.05) is 133 Å². The number of benzene rings is 2. The summed E-state index contributed by atoms with van der Waals surface area (Å²) in [5.41, 5.74) is -1.38. The second-order valence-electron chi connectivity index (χ2n) is 14.7. The van der Waals surface area contributed by atoms with Crippen molar-refractivity contribution in [3.63, 3.8) is 0 Å². The van der Waals surface area contributed by atoms with E-state index in [0.717, 1.165) is 29.6 Å². The Morgan fingerprint density at radius 1 is 1.00 bits per heavy atom. The maximum Gasteiger partial charge on any atom is 0.412 e. The largest absolute Gasteiger partial charge is 0.458 e. The minimum atomic E-state index is -3.12. The number of fused-ring (bicyclic) bond motifs is 1. The van der Waals surface area contributed by atoms with E-state index < -0.39 is 38.4 Å². The van der Waals surface area contributed by atoms with Crippen molar-refractivity contribution < 1.29 is 32.6 Å². The summed E-state index contributed by atoms with van der Waals surface area (Å²) in [7, 11) is -3.12. The van der Waals surface area contributed by atoms with Crippen molar-refractivity contribution in [1.82, 2.24) is 19.5 Å². The third-order valence-corrected chi connectivity index (χ3v) is 14.9. The van der Waals surface area contributed by atoms with Gasteiger partial charge in [0.05, 0.1) is 19.5 Å². The molecule has 11 nitrogen and oxygen atoms in total. The Hall–Kier alpha value is -4.64. The van der Waals surface area contributed by atoms with Gasteiger partial charge in [0.2, 0.25) is 0 Å². The van der Waals surface area contributed by atoms with Crippen LogP contribution in [0.3, 0.4) is 0 Å². The van der Waals surface area contributed by atoms with Gasteiger partial charge in [0.15, 0.2) is 22.6 Å². The molecule has 288 valence electrons. The minimum Gasteiger partial charge on any atom is -0.458 e. The first-order chi connectivity index (χ1) is 26.0. The van der Waals surface area contributed by atoms with E-state index in [2.05, 4.69) is 78.1 Å². The first kappa shape index (κ1) is 40.5. The van der Waals surface area contributed by atoms with E-state index in [1.165, 1.54) is 30.2 Å². The summed E-state index contributed by atoms with van der Waals surface area (Å²) >= 11 is 0. The molecule has 1 N–H and O–H groups in total. The fourth-order valence-corrected chi connectivity index (χ4v) is 11.8. The SMILES string of the molecule is C#C[C@]1(CO[Si](c2ccccc2)(c2ccccc2)C(C)(C)C)O[C@@H](n2cnc3c(NC(=O)OCC)nc(F)nc32)C[C@@H]1OC(=O)CCCCCCCCC. The van der Waals surface area contributed by atoms with Crippen LogP contribution in [0.4, 0.5) is 15.0 Å². The number of terminal acetylenes is 1. The fourth-order valence-electron chi connectivity index (χ4n) is 7.22. The molecule has 1 aliphatic rings. The Balaban J connectivity index is 1.50. The Kier molecular flexibility index (Phi) is 13.6. The highest BCUT2D eigenvalue weighted by Gasteiger charge is 2.56. The standard InChI is InChI=1S/C41H52FN5O6Si/c1-7-10-11-12-13-14-21-26-34(48)52-32-27-33(47-29-43-35-36(45-39(49)50-9-3)44-38(42)46-37(35)47)53-41(32,8-2)28-51-54(40(4,5)6,30-22-17-15-18-23-30)31-24-19-16-20-25-31/h2,15-20,22-25,29,32-33H,7,9-14,21,26-28H2,1,3-6H3,(H,44,45,46,49)/t32-,33+,41+/m0/s1.